The number of ether oxygens (including phenoxy) is 1. The van der Waals surface area contributed by atoms with Gasteiger partial charge < -0.3 is 9.64 Å². The van der Waals surface area contributed by atoms with E-state index < -0.39 is 23.5 Å². The molecule has 7 heteroatoms. The van der Waals surface area contributed by atoms with Crippen molar-refractivity contribution in [3.05, 3.63) is 11.8 Å². The Morgan fingerprint density at radius 2 is 1.81 bits per heavy atom. The second-order valence-corrected chi connectivity index (χ2v) is 3.05. The topological polar surface area (TPSA) is 46.6 Å². The Kier molecular flexibility index (Phi) is 5.00. The molecule has 0 rings (SSSR count). The van der Waals surface area contributed by atoms with Gasteiger partial charge in [-0.15, -0.1) is 0 Å². The van der Waals surface area contributed by atoms with Gasteiger partial charge in [0.05, 0.1) is 6.61 Å². The van der Waals surface area contributed by atoms with Crippen LogP contribution in [0.1, 0.15) is 6.92 Å². The lowest BCUT2D eigenvalue weighted by Gasteiger charge is -2.11. The SMILES string of the molecule is CCOC(=O)C(=CN(C)C)C(=O)C(F)(F)F. The maximum atomic E-state index is 12.1. The van der Waals surface area contributed by atoms with Gasteiger partial charge >= 0.3 is 12.1 Å². The summed E-state index contributed by atoms with van der Waals surface area (Å²) < 4.78 is 40.8. The molecule has 0 radical (unpaired) electrons. The van der Waals surface area contributed by atoms with Gasteiger partial charge in [0.1, 0.15) is 5.57 Å². The molecule has 0 aliphatic heterocycles. The van der Waals surface area contributed by atoms with Gasteiger partial charge in [-0.1, -0.05) is 0 Å². The highest BCUT2D eigenvalue weighted by molar-refractivity contribution is 6.19. The predicted octanol–water partition coefficient (Wildman–Crippen LogP) is 1.13. The summed E-state index contributed by atoms with van der Waals surface area (Å²) in [5.74, 6) is -3.49. The van der Waals surface area contributed by atoms with Crippen molar-refractivity contribution in [2.24, 2.45) is 0 Å². The molecule has 4 nitrogen and oxygen atoms in total. The van der Waals surface area contributed by atoms with Crippen molar-refractivity contribution in [2.45, 2.75) is 13.1 Å². The van der Waals surface area contributed by atoms with Gasteiger partial charge in [-0.05, 0) is 6.92 Å². The van der Waals surface area contributed by atoms with Crippen LogP contribution in [0.15, 0.2) is 11.8 Å². The fraction of sp³-hybridized carbons (Fsp3) is 0.556. The van der Waals surface area contributed by atoms with Gasteiger partial charge in [0.15, 0.2) is 0 Å². The number of nitrogens with zero attached hydrogens (tertiary/aromatic N) is 1. The first kappa shape index (κ1) is 14.5. The van der Waals surface area contributed by atoms with Crippen LogP contribution in [0, 0.1) is 0 Å². The van der Waals surface area contributed by atoms with Gasteiger partial charge in [0, 0.05) is 20.3 Å². The van der Waals surface area contributed by atoms with Gasteiger partial charge in [0.25, 0.3) is 5.78 Å². The van der Waals surface area contributed by atoms with E-state index in [0.29, 0.717) is 0 Å². The fourth-order valence-corrected chi connectivity index (χ4v) is 0.824. The van der Waals surface area contributed by atoms with Gasteiger partial charge in [0.2, 0.25) is 0 Å². The Morgan fingerprint density at radius 3 is 2.12 bits per heavy atom. The molecule has 0 aliphatic rings. The van der Waals surface area contributed by atoms with E-state index in [0.717, 1.165) is 11.1 Å². The molecule has 0 spiro atoms. The average Bonchev–Trinajstić information content (AvgIpc) is 2.11. The van der Waals surface area contributed by atoms with Crippen LogP contribution in [0.25, 0.3) is 0 Å². The minimum atomic E-state index is -5.09. The quantitative estimate of drug-likeness (QED) is 0.319. The number of hydrogen-bond donors (Lipinski definition) is 0. The van der Waals surface area contributed by atoms with Crippen LogP contribution < -0.4 is 0 Å². The molecule has 0 bridgehead atoms. The van der Waals surface area contributed by atoms with Crippen LogP contribution in [-0.2, 0) is 14.3 Å². The smallest absolute Gasteiger partial charge is 0.455 e. The molecular formula is C9H12F3NO3. The Balaban J connectivity index is 5.12. The summed E-state index contributed by atoms with van der Waals surface area (Å²) in [6.45, 7) is 1.33. The van der Waals surface area contributed by atoms with Crippen LogP contribution in [0.3, 0.4) is 0 Å². The Labute approximate surface area is 90.7 Å². The van der Waals surface area contributed by atoms with Crippen molar-refractivity contribution in [3.63, 3.8) is 0 Å². The summed E-state index contributed by atoms with van der Waals surface area (Å²) in [6.07, 6.45) is -4.30. The molecule has 0 aromatic rings. The molecule has 92 valence electrons. The average molecular weight is 239 g/mol. The molecule has 0 amide bonds. The molecule has 0 unspecified atom stereocenters. The Hall–Kier alpha value is -1.53. The lowest BCUT2D eigenvalue weighted by atomic mass is 10.2. The maximum absolute atomic E-state index is 12.1. The third-order valence-corrected chi connectivity index (χ3v) is 1.38. The largest absolute Gasteiger partial charge is 0.462 e. The molecule has 0 saturated heterocycles. The number of esters is 1. The van der Waals surface area contributed by atoms with Crippen LogP contribution in [0.2, 0.25) is 0 Å². The van der Waals surface area contributed by atoms with E-state index in [9.17, 15) is 22.8 Å². The molecule has 0 aromatic carbocycles. The first-order chi connectivity index (χ1) is 7.20. The lowest BCUT2D eigenvalue weighted by Crippen LogP contribution is -2.30. The van der Waals surface area contributed by atoms with E-state index in [1.807, 2.05) is 0 Å². The molecule has 0 atom stereocenters. The zero-order chi connectivity index (χ0) is 12.9. The zero-order valence-electron chi connectivity index (χ0n) is 9.09. The van der Waals surface area contributed by atoms with E-state index >= 15 is 0 Å². The van der Waals surface area contributed by atoms with Crippen molar-refractivity contribution in [1.29, 1.82) is 0 Å². The third kappa shape index (κ3) is 4.33. The number of carbonyl (C=O) groups excluding carboxylic acids is 2. The highest BCUT2D eigenvalue weighted by Gasteiger charge is 2.43. The monoisotopic (exact) mass is 239 g/mol. The first-order valence-corrected chi connectivity index (χ1v) is 4.37. The standard InChI is InChI=1S/C9H12F3NO3/c1-4-16-8(15)6(5-13(2)3)7(14)9(10,11)12/h5H,4H2,1-3H3. The van der Waals surface area contributed by atoms with Crippen molar-refractivity contribution < 1.29 is 27.5 Å². The van der Waals surface area contributed by atoms with Crippen molar-refractivity contribution >= 4 is 11.8 Å². The highest BCUT2D eigenvalue weighted by Crippen LogP contribution is 2.21. The van der Waals surface area contributed by atoms with Crippen molar-refractivity contribution in [2.75, 3.05) is 20.7 Å². The van der Waals surface area contributed by atoms with E-state index in [2.05, 4.69) is 4.74 Å². The number of ketones is 1. The van der Waals surface area contributed by atoms with Crippen molar-refractivity contribution in [1.82, 2.24) is 4.90 Å². The minimum absolute atomic E-state index is 0.102. The number of halogens is 3. The zero-order valence-corrected chi connectivity index (χ0v) is 9.09. The van der Waals surface area contributed by atoms with E-state index in [4.69, 9.17) is 0 Å². The molecule has 0 N–H and O–H groups in total. The van der Waals surface area contributed by atoms with E-state index in [-0.39, 0.29) is 6.61 Å². The van der Waals surface area contributed by atoms with Gasteiger partial charge in [-0.2, -0.15) is 13.2 Å². The van der Waals surface area contributed by atoms with E-state index in [1.165, 1.54) is 21.0 Å². The summed E-state index contributed by atoms with van der Waals surface area (Å²) in [5, 5.41) is 0. The summed E-state index contributed by atoms with van der Waals surface area (Å²) in [6, 6.07) is 0. The van der Waals surface area contributed by atoms with E-state index in [1.54, 1.807) is 0 Å². The molecule has 0 aromatic heterocycles. The number of carbonyl (C=O) groups is 2. The lowest BCUT2D eigenvalue weighted by molar-refractivity contribution is -0.168. The van der Waals surface area contributed by atoms with Crippen LogP contribution >= 0.6 is 0 Å². The fourth-order valence-electron chi connectivity index (χ4n) is 0.824. The second-order valence-electron chi connectivity index (χ2n) is 3.05. The predicted molar refractivity (Wildman–Crippen MR) is 49.5 cm³/mol. The molecule has 0 aliphatic carbocycles. The molecule has 0 fully saturated rings. The summed E-state index contributed by atoms with van der Waals surface area (Å²) >= 11 is 0. The summed E-state index contributed by atoms with van der Waals surface area (Å²) in [4.78, 5) is 23.2. The van der Waals surface area contributed by atoms with Crippen molar-refractivity contribution in [3.8, 4) is 0 Å². The molecule has 16 heavy (non-hydrogen) atoms. The molecular weight excluding hydrogens is 227 g/mol. The third-order valence-electron chi connectivity index (χ3n) is 1.38. The van der Waals surface area contributed by atoms with Gasteiger partial charge in [-0.3, -0.25) is 4.79 Å². The van der Waals surface area contributed by atoms with Crippen LogP contribution in [0.5, 0.6) is 0 Å². The van der Waals surface area contributed by atoms with Gasteiger partial charge in [-0.25, -0.2) is 4.79 Å². The van der Waals surface area contributed by atoms with Crippen LogP contribution in [-0.4, -0.2) is 43.5 Å². The maximum Gasteiger partial charge on any atom is 0.455 e. The van der Waals surface area contributed by atoms with Crippen LogP contribution in [0.4, 0.5) is 13.2 Å². The Bertz CT molecular complexity index is 308. The second kappa shape index (κ2) is 5.53. The molecule has 0 heterocycles. The number of Topliss-reactive ketones (excluding diaryl/α,β-unsaturated/α-hetero) is 1. The summed E-state index contributed by atoms with van der Waals surface area (Å²) in [5.41, 5.74) is -1.03. The first-order valence-electron chi connectivity index (χ1n) is 4.37. The molecule has 0 saturated carbocycles. The number of rotatable bonds is 4. The summed E-state index contributed by atoms with van der Waals surface area (Å²) in [7, 11) is 2.78. The highest BCUT2D eigenvalue weighted by atomic mass is 19.4. The number of hydrogen-bond acceptors (Lipinski definition) is 4. The number of alkyl halides is 3. The Morgan fingerprint density at radius 1 is 1.31 bits per heavy atom. The minimum Gasteiger partial charge on any atom is -0.462 e. The normalized spacial score (nSPS) is 12.2.